The van der Waals surface area contributed by atoms with E-state index in [1.807, 2.05) is 0 Å². The molecule has 1 aromatic heterocycles. The van der Waals surface area contributed by atoms with Crippen LogP contribution in [-0.4, -0.2) is 24.7 Å². The maximum atomic E-state index is 12.2. The van der Waals surface area contributed by atoms with Gasteiger partial charge < -0.3 is 5.73 Å². The number of nitrogens with two attached hydrogens (primary N) is 1. The van der Waals surface area contributed by atoms with Gasteiger partial charge in [0.25, 0.3) is 0 Å². The number of hydrogen-bond donors (Lipinski definition) is 2. The average molecular weight is 284 g/mol. The highest BCUT2D eigenvalue weighted by molar-refractivity contribution is 7.89. The first kappa shape index (κ1) is 12.9. The fraction of sp³-hybridized carbons (Fsp3) is 0.750. The number of anilines is 1. The third-order valence-electron chi connectivity index (χ3n) is 4.08. The van der Waals surface area contributed by atoms with Crippen LogP contribution in [-0.2, 0) is 17.1 Å². The number of hydrogen-bond acceptors (Lipinski definition) is 4. The fourth-order valence-corrected chi connectivity index (χ4v) is 3.92. The van der Waals surface area contributed by atoms with Crippen LogP contribution in [0, 0.1) is 17.8 Å². The van der Waals surface area contributed by atoms with Gasteiger partial charge >= 0.3 is 0 Å². The van der Waals surface area contributed by atoms with Crippen molar-refractivity contribution >= 4 is 15.8 Å². The number of aromatic nitrogens is 2. The Morgan fingerprint density at radius 2 is 2.00 bits per heavy atom. The van der Waals surface area contributed by atoms with Crippen molar-refractivity contribution in [3.63, 3.8) is 0 Å². The molecule has 0 atom stereocenters. The molecule has 0 aromatic carbocycles. The van der Waals surface area contributed by atoms with Crippen molar-refractivity contribution in [1.29, 1.82) is 0 Å². The zero-order chi connectivity index (χ0) is 13.6. The summed E-state index contributed by atoms with van der Waals surface area (Å²) in [5.41, 5.74) is 5.63. The lowest BCUT2D eigenvalue weighted by Gasteiger charge is -2.15. The molecule has 0 aliphatic heterocycles. The lowest BCUT2D eigenvalue weighted by molar-refractivity contribution is 0.401. The van der Waals surface area contributed by atoms with E-state index in [0.29, 0.717) is 12.5 Å². The monoisotopic (exact) mass is 284 g/mol. The van der Waals surface area contributed by atoms with Gasteiger partial charge in [-0.25, -0.2) is 13.1 Å². The summed E-state index contributed by atoms with van der Waals surface area (Å²) in [5, 5.41) is 3.87. The van der Waals surface area contributed by atoms with E-state index in [1.165, 1.54) is 36.6 Å². The van der Waals surface area contributed by atoms with Crippen LogP contribution in [0.4, 0.5) is 5.82 Å². The Labute approximate surface area is 113 Å². The molecule has 3 rings (SSSR count). The highest BCUT2D eigenvalue weighted by Gasteiger charge is 2.41. The number of nitrogens with zero attached hydrogens (tertiary/aromatic N) is 2. The van der Waals surface area contributed by atoms with Gasteiger partial charge in [-0.2, -0.15) is 5.10 Å². The third kappa shape index (κ3) is 2.76. The number of sulfonamides is 1. The second kappa shape index (κ2) is 4.49. The van der Waals surface area contributed by atoms with Gasteiger partial charge in [0.2, 0.25) is 10.0 Å². The van der Waals surface area contributed by atoms with Gasteiger partial charge in [-0.15, -0.1) is 0 Å². The van der Waals surface area contributed by atoms with Gasteiger partial charge in [0, 0.05) is 19.8 Å². The summed E-state index contributed by atoms with van der Waals surface area (Å²) in [5.74, 6) is 2.01. The lowest BCUT2D eigenvalue weighted by atomic mass is 9.99. The Bertz CT molecular complexity index is 561. The Morgan fingerprint density at radius 1 is 1.42 bits per heavy atom. The minimum atomic E-state index is -3.53. The van der Waals surface area contributed by atoms with E-state index in [2.05, 4.69) is 9.82 Å². The van der Waals surface area contributed by atoms with Crippen LogP contribution in [0.3, 0.4) is 0 Å². The van der Waals surface area contributed by atoms with Crippen molar-refractivity contribution in [2.75, 3.05) is 12.3 Å². The van der Waals surface area contributed by atoms with E-state index in [-0.39, 0.29) is 10.7 Å². The van der Waals surface area contributed by atoms with Crippen LogP contribution in [0.2, 0.25) is 0 Å². The van der Waals surface area contributed by atoms with E-state index >= 15 is 0 Å². The van der Waals surface area contributed by atoms with Crippen LogP contribution < -0.4 is 10.5 Å². The molecule has 2 aliphatic rings. The van der Waals surface area contributed by atoms with Crippen LogP contribution in [0.15, 0.2) is 11.1 Å². The van der Waals surface area contributed by atoms with E-state index in [9.17, 15) is 8.42 Å². The average Bonchev–Trinajstić information content (AvgIpc) is 3.20. The van der Waals surface area contributed by atoms with Gasteiger partial charge in [-0.1, -0.05) is 0 Å². The predicted octanol–water partition coefficient (Wildman–Crippen LogP) is 0.717. The Hall–Kier alpha value is -1.08. The second-order valence-corrected chi connectivity index (χ2v) is 7.48. The van der Waals surface area contributed by atoms with E-state index in [4.69, 9.17) is 5.73 Å². The molecule has 3 N–H and O–H groups in total. The summed E-state index contributed by atoms with van der Waals surface area (Å²) in [6, 6.07) is 0. The topological polar surface area (TPSA) is 90.0 Å². The van der Waals surface area contributed by atoms with Crippen molar-refractivity contribution in [1.82, 2.24) is 14.5 Å². The van der Waals surface area contributed by atoms with Crippen LogP contribution >= 0.6 is 0 Å². The first-order valence-electron chi connectivity index (χ1n) is 6.76. The SMILES string of the molecule is Cn1cc(S(=O)(=O)NCC(C2CC2)C2CC2)c(N)n1. The molecule has 2 saturated carbocycles. The Morgan fingerprint density at radius 3 is 2.42 bits per heavy atom. The fourth-order valence-electron chi connectivity index (χ4n) is 2.74. The zero-order valence-corrected chi connectivity index (χ0v) is 11.9. The van der Waals surface area contributed by atoms with Gasteiger partial charge in [0.05, 0.1) is 0 Å². The van der Waals surface area contributed by atoms with E-state index < -0.39 is 10.0 Å². The first-order chi connectivity index (χ1) is 8.97. The molecule has 0 radical (unpaired) electrons. The number of nitrogen functional groups attached to an aromatic ring is 1. The highest BCUT2D eigenvalue weighted by Crippen LogP contribution is 2.48. The molecule has 19 heavy (non-hydrogen) atoms. The molecule has 0 unspecified atom stereocenters. The molecule has 6 nitrogen and oxygen atoms in total. The standard InChI is InChI=1S/C12H20N4O2S/c1-16-7-11(12(13)15-16)19(17,18)14-6-10(8-2-3-8)9-4-5-9/h7-10,14H,2-6H2,1H3,(H2,13,15). The van der Waals surface area contributed by atoms with Gasteiger partial charge in [-0.3, -0.25) is 4.68 Å². The predicted molar refractivity (Wildman–Crippen MR) is 71.7 cm³/mol. The molecule has 0 amide bonds. The Kier molecular flexibility index (Phi) is 3.05. The molecule has 2 aliphatic carbocycles. The smallest absolute Gasteiger partial charge is 0.245 e. The molecule has 0 bridgehead atoms. The van der Waals surface area contributed by atoms with Crippen LogP contribution in [0.1, 0.15) is 25.7 Å². The van der Waals surface area contributed by atoms with Crippen molar-refractivity contribution in [2.45, 2.75) is 30.6 Å². The number of aryl methyl sites for hydroxylation is 1. The molecule has 2 fully saturated rings. The Balaban J connectivity index is 1.69. The first-order valence-corrected chi connectivity index (χ1v) is 8.24. The number of nitrogens with one attached hydrogen (secondary N) is 1. The molecule has 1 heterocycles. The third-order valence-corrected chi connectivity index (χ3v) is 5.52. The lowest BCUT2D eigenvalue weighted by Crippen LogP contribution is -2.31. The summed E-state index contributed by atoms with van der Waals surface area (Å²) >= 11 is 0. The summed E-state index contributed by atoms with van der Waals surface area (Å²) in [4.78, 5) is 0.0837. The van der Waals surface area contributed by atoms with Crippen LogP contribution in [0.5, 0.6) is 0 Å². The van der Waals surface area contributed by atoms with Crippen LogP contribution in [0.25, 0.3) is 0 Å². The molecular formula is C12H20N4O2S. The summed E-state index contributed by atoms with van der Waals surface area (Å²) in [6.07, 6.45) is 6.44. The van der Waals surface area contributed by atoms with Crippen molar-refractivity contribution in [3.8, 4) is 0 Å². The van der Waals surface area contributed by atoms with Gasteiger partial charge in [0.15, 0.2) is 5.82 Å². The number of rotatable bonds is 6. The molecule has 106 valence electrons. The largest absolute Gasteiger partial charge is 0.381 e. The van der Waals surface area contributed by atoms with Gasteiger partial charge in [-0.05, 0) is 43.4 Å². The molecule has 1 aromatic rings. The summed E-state index contributed by atoms with van der Waals surface area (Å²) in [6.45, 7) is 0.534. The quantitative estimate of drug-likeness (QED) is 0.805. The summed E-state index contributed by atoms with van der Waals surface area (Å²) < 4.78 is 28.6. The second-order valence-electron chi connectivity index (χ2n) is 5.74. The van der Waals surface area contributed by atoms with Crippen molar-refractivity contribution in [2.24, 2.45) is 24.8 Å². The molecule has 0 spiro atoms. The van der Waals surface area contributed by atoms with Gasteiger partial charge in [0.1, 0.15) is 4.90 Å². The minimum Gasteiger partial charge on any atom is -0.381 e. The normalized spacial score (nSPS) is 20.1. The maximum Gasteiger partial charge on any atom is 0.245 e. The molecular weight excluding hydrogens is 264 g/mol. The van der Waals surface area contributed by atoms with Crippen molar-refractivity contribution < 1.29 is 8.42 Å². The maximum absolute atomic E-state index is 12.2. The van der Waals surface area contributed by atoms with E-state index in [0.717, 1.165) is 11.8 Å². The minimum absolute atomic E-state index is 0.0596. The van der Waals surface area contributed by atoms with E-state index in [1.54, 1.807) is 7.05 Å². The zero-order valence-electron chi connectivity index (χ0n) is 11.0. The molecule has 0 saturated heterocycles. The van der Waals surface area contributed by atoms with Crippen molar-refractivity contribution in [3.05, 3.63) is 6.20 Å². The highest BCUT2D eigenvalue weighted by atomic mass is 32.2. The summed E-state index contributed by atoms with van der Waals surface area (Å²) in [7, 11) is -1.88. The molecule has 7 heteroatoms.